The highest BCUT2D eigenvalue weighted by Gasteiger charge is 2.36. The molecule has 34 heavy (non-hydrogen) atoms. The summed E-state index contributed by atoms with van der Waals surface area (Å²) in [6.45, 7) is 0.0906. The second-order valence-electron chi connectivity index (χ2n) is 8.05. The standard InChI is InChI=1S/C26H16F2N4O2/c27-15-9-10-22-20(11-15)24(19-7-3-4-8-21(19)28)30-13-23-29-12-16(32(22)23)14-31-25(33)17-5-1-2-6-18(17)26(31)34/h1-12H,13-14H2. The second-order valence-corrected chi connectivity index (χ2v) is 8.05. The molecule has 0 spiro atoms. The van der Waals surface area contributed by atoms with Crippen LogP contribution in [0.3, 0.4) is 0 Å². The Kier molecular flexibility index (Phi) is 4.48. The van der Waals surface area contributed by atoms with Gasteiger partial charge in [0.15, 0.2) is 0 Å². The Bertz CT molecular complexity index is 1500. The van der Waals surface area contributed by atoms with Gasteiger partial charge in [-0.15, -0.1) is 0 Å². The first-order valence-corrected chi connectivity index (χ1v) is 10.6. The SMILES string of the molecule is O=C1c2ccccc2C(=O)N1Cc1cnc2n1-c1ccc(F)cc1C(c1ccccc1F)=NC2. The molecule has 2 amide bonds. The van der Waals surface area contributed by atoms with Gasteiger partial charge in [-0.25, -0.2) is 13.8 Å². The summed E-state index contributed by atoms with van der Waals surface area (Å²) in [6.07, 6.45) is 1.58. The van der Waals surface area contributed by atoms with Gasteiger partial charge in [0.2, 0.25) is 0 Å². The van der Waals surface area contributed by atoms with Gasteiger partial charge < -0.3 is 0 Å². The molecule has 0 aliphatic carbocycles. The molecule has 8 heteroatoms. The van der Waals surface area contributed by atoms with Crippen molar-refractivity contribution >= 4 is 17.5 Å². The number of imide groups is 1. The number of halogens is 2. The molecule has 0 radical (unpaired) electrons. The molecule has 1 aromatic heterocycles. The topological polar surface area (TPSA) is 67.6 Å². The van der Waals surface area contributed by atoms with Gasteiger partial charge >= 0.3 is 0 Å². The fourth-order valence-electron chi connectivity index (χ4n) is 4.50. The van der Waals surface area contributed by atoms with Crippen molar-refractivity contribution in [2.24, 2.45) is 4.99 Å². The van der Waals surface area contributed by atoms with E-state index in [1.807, 2.05) is 0 Å². The maximum atomic E-state index is 14.6. The molecule has 3 aromatic carbocycles. The van der Waals surface area contributed by atoms with Gasteiger partial charge in [-0.1, -0.05) is 24.3 Å². The normalized spacial score (nSPS) is 14.4. The predicted molar refractivity (Wildman–Crippen MR) is 120 cm³/mol. The van der Waals surface area contributed by atoms with E-state index in [4.69, 9.17) is 0 Å². The summed E-state index contributed by atoms with van der Waals surface area (Å²) in [7, 11) is 0. The van der Waals surface area contributed by atoms with Crippen LogP contribution >= 0.6 is 0 Å². The van der Waals surface area contributed by atoms with E-state index in [1.165, 1.54) is 23.1 Å². The van der Waals surface area contributed by atoms with E-state index in [2.05, 4.69) is 9.98 Å². The summed E-state index contributed by atoms with van der Waals surface area (Å²) in [5.74, 6) is -1.19. The van der Waals surface area contributed by atoms with Crippen LogP contribution in [0, 0.1) is 11.6 Å². The number of hydrogen-bond acceptors (Lipinski definition) is 4. The maximum Gasteiger partial charge on any atom is 0.261 e. The molecule has 166 valence electrons. The van der Waals surface area contributed by atoms with Gasteiger partial charge in [-0.3, -0.25) is 24.0 Å². The number of hydrogen-bond donors (Lipinski definition) is 0. The Morgan fingerprint density at radius 3 is 2.21 bits per heavy atom. The lowest BCUT2D eigenvalue weighted by molar-refractivity contribution is 0.0639. The van der Waals surface area contributed by atoms with Crippen LogP contribution in [0.4, 0.5) is 8.78 Å². The number of rotatable bonds is 3. The summed E-state index contributed by atoms with van der Waals surface area (Å²) in [5.41, 5.74) is 2.77. The number of amides is 2. The lowest BCUT2D eigenvalue weighted by Crippen LogP contribution is -2.30. The van der Waals surface area contributed by atoms with Crippen molar-refractivity contribution in [3.05, 3.63) is 118 Å². The van der Waals surface area contributed by atoms with Gasteiger partial charge in [-0.05, 0) is 42.5 Å². The Morgan fingerprint density at radius 2 is 1.50 bits per heavy atom. The molecule has 0 bridgehead atoms. The fraction of sp³-hybridized carbons (Fsp3) is 0.0769. The zero-order chi connectivity index (χ0) is 23.4. The summed E-state index contributed by atoms with van der Waals surface area (Å²) in [5, 5.41) is 0. The molecule has 2 aliphatic rings. The van der Waals surface area contributed by atoms with Crippen LogP contribution in [-0.2, 0) is 13.1 Å². The van der Waals surface area contributed by atoms with Crippen molar-refractivity contribution in [1.82, 2.24) is 14.5 Å². The van der Waals surface area contributed by atoms with Crippen molar-refractivity contribution in [2.45, 2.75) is 13.1 Å². The number of imidazole rings is 1. The first-order valence-electron chi connectivity index (χ1n) is 10.6. The summed E-state index contributed by atoms with van der Waals surface area (Å²) in [6, 6.07) is 17.0. The molecule has 0 unspecified atom stereocenters. The van der Waals surface area contributed by atoms with Gasteiger partial charge in [0.05, 0.1) is 47.5 Å². The lowest BCUT2D eigenvalue weighted by atomic mass is 9.99. The maximum absolute atomic E-state index is 14.6. The minimum atomic E-state index is -0.492. The lowest BCUT2D eigenvalue weighted by Gasteiger charge is -2.18. The van der Waals surface area contributed by atoms with Crippen molar-refractivity contribution < 1.29 is 18.4 Å². The third-order valence-corrected chi connectivity index (χ3v) is 6.07. The van der Waals surface area contributed by atoms with Crippen molar-refractivity contribution in [1.29, 1.82) is 0 Å². The molecule has 2 aliphatic heterocycles. The van der Waals surface area contributed by atoms with Crippen molar-refractivity contribution in [2.75, 3.05) is 0 Å². The molecule has 6 rings (SSSR count). The minimum Gasteiger partial charge on any atom is -0.297 e. The number of carbonyl (C=O) groups excluding carboxylic acids is 2. The molecular weight excluding hydrogens is 438 g/mol. The number of aromatic nitrogens is 2. The highest BCUT2D eigenvalue weighted by atomic mass is 19.1. The first-order chi connectivity index (χ1) is 16.5. The van der Waals surface area contributed by atoms with Crippen LogP contribution < -0.4 is 0 Å². The highest BCUT2D eigenvalue weighted by molar-refractivity contribution is 6.21. The Morgan fingerprint density at radius 1 is 0.824 bits per heavy atom. The van der Waals surface area contributed by atoms with Crippen LogP contribution in [0.2, 0.25) is 0 Å². The van der Waals surface area contributed by atoms with Crippen molar-refractivity contribution in [3.8, 4) is 5.69 Å². The summed E-state index contributed by atoms with van der Waals surface area (Å²) >= 11 is 0. The smallest absolute Gasteiger partial charge is 0.261 e. The third-order valence-electron chi connectivity index (χ3n) is 6.07. The van der Waals surface area contributed by atoms with E-state index < -0.39 is 11.6 Å². The van der Waals surface area contributed by atoms with E-state index in [-0.39, 0.29) is 30.5 Å². The first kappa shape index (κ1) is 20.2. The molecule has 6 nitrogen and oxygen atoms in total. The molecule has 4 aromatic rings. The Balaban J connectivity index is 1.46. The Labute approximate surface area is 192 Å². The molecule has 0 saturated carbocycles. The zero-order valence-corrected chi connectivity index (χ0v) is 17.7. The van der Waals surface area contributed by atoms with Crippen LogP contribution in [-0.4, -0.2) is 32.0 Å². The number of aliphatic imine (C=N–C) groups is 1. The van der Waals surface area contributed by atoms with Crippen LogP contribution in [0.15, 0.2) is 77.9 Å². The predicted octanol–water partition coefficient (Wildman–Crippen LogP) is 4.30. The van der Waals surface area contributed by atoms with Gasteiger partial charge in [0.25, 0.3) is 11.8 Å². The number of nitrogens with zero attached hydrogens (tertiary/aromatic N) is 4. The molecular formula is C26H16F2N4O2. The van der Waals surface area contributed by atoms with Gasteiger partial charge in [-0.2, -0.15) is 0 Å². The molecule has 0 atom stereocenters. The average Bonchev–Trinajstić information content (AvgIpc) is 3.29. The third kappa shape index (κ3) is 2.99. The zero-order valence-electron chi connectivity index (χ0n) is 17.7. The van der Waals surface area contributed by atoms with E-state index in [1.54, 1.807) is 59.3 Å². The summed E-state index contributed by atoms with van der Waals surface area (Å²) in [4.78, 5) is 36.0. The average molecular weight is 454 g/mol. The largest absolute Gasteiger partial charge is 0.297 e. The van der Waals surface area contributed by atoms with Gasteiger partial charge in [0.1, 0.15) is 17.5 Å². The number of benzene rings is 3. The van der Waals surface area contributed by atoms with Crippen LogP contribution in [0.1, 0.15) is 43.4 Å². The monoisotopic (exact) mass is 454 g/mol. The van der Waals surface area contributed by atoms with Gasteiger partial charge in [0, 0.05) is 11.1 Å². The van der Waals surface area contributed by atoms with E-state index >= 15 is 0 Å². The van der Waals surface area contributed by atoms with E-state index in [0.717, 1.165) is 0 Å². The van der Waals surface area contributed by atoms with E-state index in [0.29, 0.717) is 39.6 Å². The quantitative estimate of drug-likeness (QED) is 0.434. The second kappa shape index (κ2) is 7.55. The molecule has 0 fully saturated rings. The molecule has 0 N–H and O–H groups in total. The highest BCUT2D eigenvalue weighted by Crippen LogP contribution is 2.30. The minimum absolute atomic E-state index is 0.0226. The Hall–Kier alpha value is -4.46. The van der Waals surface area contributed by atoms with Crippen LogP contribution in [0.25, 0.3) is 5.69 Å². The summed E-state index contributed by atoms with van der Waals surface area (Å²) < 4.78 is 30.7. The number of carbonyl (C=O) groups is 2. The van der Waals surface area contributed by atoms with E-state index in [9.17, 15) is 18.4 Å². The fourth-order valence-corrected chi connectivity index (χ4v) is 4.50. The number of fused-ring (bicyclic) bond motifs is 4. The molecule has 3 heterocycles. The van der Waals surface area contributed by atoms with Crippen molar-refractivity contribution in [3.63, 3.8) is 0 Å². The molecule has 0 saturated heterocycles. The van der Waals surface area contributed by atoms with Crippen LogP contribution in [0.5, 0.6) is 0 Å².